The summed E-state index contributed by atoms with van der Waals surface area (Å²) in [4.78, 5) is 12.2. The van der Waals surface area contributed by atoms with E-state index in [2.05, 4.69) is 24.3 Å². The molecule has 2 N–H and O–H groups in total. The SMILES string of the molecule is CCC(CC)n1nc(C(=O)NCC(C)(O)C(C)C)cc1C. The van der Waals surface area contributed by atoms with Gasteiger partial charge in [-0.15, -0.1) is 0 Å². The van der Waals surface area contributed by atoms with E-state index in [4.69, 9.17) is 0 Å². The third kappa shape index (κ3) is 4.30. The highest BCUT2D eigenvalue weighted by molar-refractivity contribution is 5.92. The molecule has 1 rings (SSSR count). The van der Waals surface area contributed by atoms with Crippen molar-refractivity contribution in [1.82, 2.24) is 15.1 Å². The topological polar surface area (TPSA) is 67.2 Å². The quantitative estimate of drug-likeness (QED) is 0.812. The second kappa shape index (κ2) is 7.07. The Labute approximate surface area is 127 Å². The summed E-state index contributed by atoms with van der Waals surface area (Å²) >= 11 is 0. The van der Waals surface area contributed by atoms with Crippen molar-refractivity contribution in [3.05, 3.63) is 17.5 Å². The maximum Gasteiger partial charge on any atom is 0.271 e. The average molecular weight is 295 g/mol. The van der Waals surface area contributed by atoms with Crippen LogP contribution in [0.2, 0.25) is 0 Å². The molecule has 1 amide bonds. The van der Waals surface area contributed by atoms with Crippen molar-refractivity contribution in [2.45, 2.75) is 66.0 Å². The van der Waals surface area contributed by atoms with E-state index < -0.39 is 5.60 Å². The van der Waals surface area contributed by atoms with Crippen molar-refractivity contribution in [3.63, 3.8) is 0 Å². The standard InChI is InChI=1S/C16H29N3O2/c1-7-13(8-2)19-12(5)9-14(18-19)15(20)17-10-16(6,21)11(3)4/h9,11,13,21H,7-8,10H2,1-6H3,(H,17,20). The lowest BCUT2D eigenvalue weighted by Crippen LogP contribution is -2.44. The van der Waals surface area contributed by atoms with Gasteiger partial charge in [-0.2, -0.15) is 5.10 Å². The highest BCUT2D eigenvalue weighted by Crippen LogP contribution is 2.18. The van der Waals surface area contributed by atoms with Crippen LogP contribution in [0, 0.1) is 12.8 Å². The molecule has 1 aromatic rings. The molecule has 0 fully saturated rings. The van der Waals surface area contributed by atoms with Crippen LogP contribution < -0.4 is 5.32 Å². The highest BCUT2D eigenvalue weighted by Gasteiger charge is 2.26. The molecule has 5 heteroatoms. The Hall–Kier alpha value is -1.36. The molecule has 120 valence electrons. The van der Waals surface area contributed by atoms with Crippen LogP contribution in [0.4, 0.5) is 0 Å². The predicted octanol–water partition coefficient (Wildman–Crippen LogP) is 2.69. The summed E-state index contributed by atoms with van der Waals surface area (Å²) in [5.41, 5.74) is 0.492. The minimum atomic E-state index is -0.914. The van der Waals surface area contributed by atoms with Crippen LogP contribution in [0.3, 0.4) is 0 Å². The molecule has 1 unspecified atom stereocenters. The number of hydrogen-bond acceptors (Lipinski definition) is 3. The molecular weight excluding hydrogens is 266 g/mol. The van der Waals surface area contributed by atoms with Crippen molar-refractivity contribution >= 4 is 5.91 Å². The molecule has 0 aromatic carbocycles. The smallest absolute Gasteiger partial charge is 0.271 e. The number of aliphatic hydroxyl groups is 1. The van der Waals surface area contributed by atoms with E-state index in [1.54, 1.807) is 13.0 Å². The van der Waals surface area contributed by atoms with E-state index in [-0.39, 0.29) is 18.4 Å². The molecule has 1 aromatic heterocycles. The van der Waals surface area contributed by atoms with Crippen LogP contribution in [0.25, 0.3) is 0 Å². The lowest BCUT2D eigenvalue weighted by atomic mass is 9.92. The number of carbonyl (C=O) groups is 1. The Morgan fingerprint density at radius 1 is 1.43 bits per heavy atom. The van der Waals surface area contributed by atoms with Crippen molar-refractivity contribution in [2.24, 2.45) is 5.92 Å². The summed E-state index contributed by atoms with van der Waals surface area (Å²) in [6, 6.07) is 2.13. The number of aryl methyl sites for hydroxylation is 1. The van der Waals surface area contributed by atoms with Gasteiger partial charge in [0.1, 0.15) is 5.69 Å². The molecule has 0 aliphatic carbocycles. The van der Waals surface area contributed by atoms with Crippen LogP contribution >= 0.6 is 0 Å². The Morgan fingerprint density at radius 2 is 2.00 bits per heavy atom. The maximum atomic E-state index is 12.2. The molecule has 1 atom stereocenters. The predicted molar refractivity (Wildman–Crippen MR) is 84.4 cm³/mol. The fraction of sp³-hybridized carbons (Fsp3) is 0.750. The molecule has 0 saturated carbocycles. The molecule has 0 saturated heterocycles. The van der Waals surface area contributed by atoms with Gasteiger partial charge in [0.15, 0.2) is 0 Å². The zero-order valence-electron chi connectivity index (χ0n) is 14.1. The second-order valence-electron chi connectivity index (χ2n) is 6.28. The van der Waals surface area contributed by atoms with E-state index in [9.17, 15) is 9.90 Å². The fourth-order valence-corrected chi connectivity index (χ4v) is 2.16. The van der Waals surface area contributed by atoms with E-state index in [0.717, 1.165) is 18.5 Å². The summed E-state index contributed by atoms with van der Waals surface area (Å²) < 4.78 is 1.93. The second-order valence-corrected chi connectivity index (χ2v) is 6.28. The Kier molecular flexibility index (Phi) is 5.96. The van der Waals surface area contributed by atoms with Crippen LogP contribution in [0.5, 0.6) is 0 Å². The zero-order chi connectivity index (χ0) is 16.2. The van der Waals surface area contributed by atoms with Gasteiger partial charge >= 0.3 is 0 Å². The number of nitrogens with one attached hydrogen (secondary N) is 1. The Bertz CT molecular complexity index is 474. The summed E-state index contributed by atoms with van der Waals surface area (Å²) in [6.07, 6.45) is 1.98. The first-order valence-corrected chi connectivity index (χ1v) is 7.79. The lowest BCUT2D eigenvalue weighted by Gasteiger charge is -2.27. The normalized spacial score (nSPS) is 14.5. The summed E-state index contributed by atoms with van der Waals surface area (Å²) in [5.74, 6) is -0.162. The number of nitrogens with zero attached hydrogens (tertiary/aromatic N) is 2. The van der Waals surface area contributed by atoms with Crippen molar-refractivity contribution in [3.8, 4) is 0 Å². The Balaban J connectivity index is 2.78. The van der Waals surface area contributed by atoms with E-state index >= 15 is 0 Å². The van der Waals surface area contributed by atoms with Crippen LogP contribution in [-0.2, 0) is 0 Å². The minimum Gasteiger partial charge on any atom is -0.388 e. The summed E-state index contributed by atoms with van der Waals surface area (Å²) in [6.45, 7) is 12.0. The molecule has 5 nitrogen and oxygen atoms in total. The van der Waals surface area contributed by atoms with E-state index in [0.29, 0.717) is 11.7 Å². The van der Waals surface area contributed by atoms with Gasteiger partial charge in [-0.1, -0.05) is 27.7 Å². The molecular formula is C16H29N3O2. The molecule has 0 radical (unpaired) electrons. The number of aromatic nitrogens is 2. The maximum absolute atomic E-state index is 12.2. The fourth-order valence-electron chi connectivity index (χ4n) is 2.16. The summed E-state index contributed by atoms with van der Waals surface area (Å²) in [7, 11) is 0. The largest absolute Gasteiger partial charge is 0.388 e. The van der Waals surface area contributed by atoms with E-state index in [1.807, 2.05) is 25.5 Å². The van der Waals surface area contributed by atoms with Gasteiger partial charge in [-0.05, 0) is 38.7 Å². The first-order valence-electron chi connectivity index (χ1n) is 7.79. The lowest BCUT2D eigenvalue weighted by molar-refractivity contribution is 0.0141. The van der Waals surface area contributed by atoms with Gasteiger partial charge in [-0.3, -0.25) is 9.48 Å². The summed E-state index contributed by atoms with van der Waals surface area (Å²) in [5, 5.41) is 17.4. The van der Waals surface area contributed by atoms with Crippen molar-refractivity contribution < 1.29 is 9.90 Å². The molecule has 1 heterocycles. The Morgan fingerprint density at radius 3 is 2.48 bits per heavy atom. The van der Waals surface area contributed by atoms with Crippen LogP contribution in [0.1, 0.15) is 69.7 Å². The third-order valence-electron chi connectivity index (χ3n) is 4.29. The highest BCUT2D eigenvalue weighted by atomic mass is 16.3. The molecule has 21 heavy (non-hydrogen) atoms. The van der Waals surface area contributed by atoms with Gasteiger partial charge in [0, 0.05) is 12.2 Å². The first kappa shape index (κ1) is 17.7. The number of hydrogen-bond donors (Lipinski definition) is 2. The molecule has 0 bridgehead atoms. The van der Waals surface area contributed by atoms with Crippen molar-refractivity contribution in [2.75, 3.05) is 6.54 Å². The van der Waals surface area contributed by atoms with Crippen molar-refractivity contribution in [1.29, 1.82) is 0 Å². The average Bonchev–Trinajstić information content (AvgIpc) is 2.80. The number of amides is 1. The molecule has 0 aliphatic rings. The van der Waals surface area contributed by atoms with Gasteiger partial charge < -0.3 is 10.4 Å². The third-order valence-corrected chi connectivity index (χ3v) is 4.29. The van der Waals surface area contributed by atoms with Gasteiger partial charge in [-0.25, -0.2) is 0 Å². The first-order chi connectivity index (χ1) is 9.72. The van der Waals surface area contributed by atoms with Gasteiger partial charge in [0.05, 0.1) is 11.6 Å². The number of rotatable bonds is 7. The monoisotopic (exact) mass is 295 g/mol. The van der Waals surface area contributed by atoms with Crippen LogP contribution in [0.15, 0.2) is 6.07 Å². The molecule has 0 aliphatic heterocycles. The molecule has 0 spiro atoms. The van der Waals surface area contributed by atoms with Gasteiger partial charge in [0.2, 0.25) is 0 Å². The zero-order valence-corrected chi connectivity index (χ0v) is 14.1. The van der Waals surface area contributed by atoms with Gasteiger partial charge in [0.25, 0.3) is 5.91 Å². The number of carbonyl (C=O) groups excluding carboxylic acids is 1. The van der Waals surface area contributed by atoms with Crippen LogP contribution in [-0.4, -0.2) is 32.9 Å². The minimum absolute atomic E-state index is 0.0710. The van der Waals surface area contributed by atoms with E-state index in [1.165, 1.54) is 0 Å².